The summed E-state index contributed by atoms with van der Waals surface area (Å²) in [7, 11) is 0. The van der Waals surface area contributed by atoms with Gasteiger partial charge >= 0.3 is 0 Å². The quantitative estimate of drug-likeness (QED) is 0.868. The first kappa shape index (κ1) is 12.9. The number of hydrogen-bond acceptors (Lipinski definition) is 4. The molecule has 2 aromatic rings. The van der Waals surface area contributed by atoms with Crippen LogP contribution in [0.4, 0.5) is 0 Å². The molecule has 0 aromatic carbocycles. The summed E-state index contributed by atoms with van der Waals surface area (Å²) in [6.45, 7) is 5.17. The Labute approximate surface area is 117 Å². The van der Waals surface area contributed by atoms with Gasteiger partial charge in [-0.1, -0.05) is 0 Å². The second kappa shape index (κ2) is 5.50. The lowest BCUT2D eigenvalue weighted by Gasteiger charge is -2.18. The topological polar surface area (TPSA) is 74.2 Å². The summed E-state index contributed by atoms with van der Waals surface area (Å²) < 4.78 is 5.52. The van der Waals surface area contributed by atoms with Gasteiger partial charge in [0.05, 0.1) is 0 Å². The molecule has 0 radical (unpaired) electrons. The number of nitrogens with one attached hydrogen (secondary N) is 2. The van der Waals surface area contributed by atoms with E-state index in [9.17, 15) is 4.79 Å². The average Bonchev–Trinajstić information content (AvgIpc) is 3.00. The largest absolute Gasteiger partial charge is 0.460 e. The molecule has 1 aliphatic heterocycles. The Bertz CT molecular complexity index is 594. The Morgan fingerprint density at radius 2 is 2.25 bits per heavy atom. The van der Waals surface area contributed by atoms with Gasteiger partial charge in [-0.25, -0.2) is 0 Å². The third-order valence-electron chi connectivity index (χ3n) is 3.43. The van der Waals surface area contributed by atoms with Crippen molar-refractivity contribution in [1.82, 2.24) is 20.4 Å². The van der Waals surface area contributed by atoms with E-state index in [1.807, 2.05) is 24.0 Å². The van der Waals surface area contributed by atoms with Crippen LogP contribution in [0.1, 0.15) is 22.7 Å². The zero-order valence-electron chi connectivity index (χ0n) is 11.5. The summed E-state index contributed by atoms with van der Waals surface area (Å²) in [5, 5.41) is 10.3. The SMILES string of the molecule is Cc1ccc(-c2cc(C(=O)N3CCCNCC3)n[nH]2)o1. The predicted molar refractivity (Wildman–Crippen MR) is 74.4 cm³/mol. The molecule has 0 spiro atoms. The minimum atomic E-state index is -0.0283. The van der Waals surface area contributed by atoms with E-state index < -0.39 is 0 Å². The first-order valence-corrected chi connectivity index (χ1v) is 6.86. The third kappa shape index (κ3) is 2.60. The number of carbonyl (C=O) groups excluding carboxylic acids is 1. The van der Waals surface area contributed by atoms with Gasteiger partial charge in [0.2, 0.25) is 0 Å². The van der Waals surface area contributed by atoms with Crippen LogP contribution in [0.3, 0.4) is 0 Å². The van der Waals surface area contributed by atoms with E-state index in [0.717, 1.165) is 44.1 Å². The maximum absolute atomic E-state index is 12.4. The number of nitrogens with zero attached hydrogens (tertiary/aromatic N) is 2. The van der Waals surface area contributed by atoms with Gasteiger partial charge in [0.1, 0.15) is 11.5 Å². The van der Waals surface area contributed by atoms with Crippen LogP contribution in [-0.2, 0) is 0 Å². The highest BCUT2D eigenvalue weighted by atomic mass is 16.3. The Morgan fingerprint density at radius 3 is 3.05 bits per heavy atom. The van der Waals surface area contributed by atoms with Gasteiger partial charge in [0.25, 0.3) is 5.91 Å². The fraction of sp³-hybridized carbons (Fsp3) is 0.429. The van der Waals surface area contributed by atoms with Crippen molar-refractivity contribution >= 4 is 5.91 Å². The lowest BCUT2D eigenvalue weighted by atomic mass is 10.2. The number of aryl methyl sites for hydroxylation is 1. The molecule has 2 N–H and O–H groups in total. The normalized spacial score (nSPS) is 16.1. The number of rotatable bonds is 2. The van der Waals surface area contributed by atoms with E-state index in [1.165, 1.54) is 0 Å². The van der Waals surface area contributed by atoms with Gasteiger partial charge in [-0.05, 0) is 32.0 Å². The van der Waals surface area contributed by atoms with Crippen molar-refractivity contribution in [3.05, 3.63) is 29.7 Å². The second-order valence-electron chi connectivity index (χ2n) is 4.97. The lowest BCUT2D eigenvalue weighted by Crippen LogP contribution is -2.34. The number of hydrogen-bond donors (Lipinski definition) is 2. The molecular formula is C14H18N4O2. The molecule has 3 heterocycles. The van der Waals surface area contributed by atoms with E-state index in [-0.39, 0.29) is 5.91 Å². The molecule has 20 heavy (non-hydrogen) atoms. The van der Waals surface area contributed by atoms with E-state index in [4.69, 9.17) is 4.42 Å². The van der Waals surface area contributed by atoms with Gasteiger partial charge < -0.3 is 14.6 Å². The van der Waals surface area contributed by atoms with Crippen molar-refractivity contribution in [3.63, 3.8) is 0 Å². The number of carbonyl (C=O) groups is 1. The van der Waals surface area contributed by atoms with Gasteiger partial charge in [-0.15, -0.1) is 0 Å². The predicted octanol–water partition coefficient (Wildman–Crippen LogP) is 1.41. The molecule has 1 aliphatic rings. The van der Waals surface area contributed by atoms with Crippen LogP contribution < -0.4 is 5.32 Å². The fourth-order valence-corrected chi connectivity index (χ4v) is 2.35. The zero-order valence-corrected chi connectivity index (χ0v) is 11.5. The first-order valence-electron chi connectivity index (χ1n) is 6.86. The van der Waals surface area contributed by atoms with E-state index in [2.05, 4.69) is 15.5 Å². The summed E-state index contributed by atoms with van der Waals surface area (Å²) in [4.78, 5) is 14.2. The molecule has 0 atom stereocenters. The molecule has 2 aromatic heterocycles. The van der Waals surface area contributed by atoms with Crippen molar-refractivity contribution < 1.29 is 9.21 Å². The van der Waals surface area contributed by atoms with E-state index in [1.54, 1.807) is 6.07 Å². The molecular weight excluding hydrogens is 256 g/mol. The van der Waals surface area contributed by atoms with Crippen LogP contribution in [-0.4, -0.2) is 47.2 Å². The van der Waals surface area contributed by atoms with Gasteiger partial charge in [0, 0.05) is 25.7 Å². The number of aromatic amines is 1. The molecule has 0 saturated carbocycles. The Morgan fingerprint density at radius 1 is 1.35 bits per heavy atom. The van der Waals surface area contributed by atoms with Crippen LogP contribution in [0.5, 0.6) is 0 Å². The lowest BCUT2D eigenvalue weighted by molar-refractivity contribution is 0.0760. The Balaban J connectivity index is 1.77. The highest BCUT2D eigenvalue weighted by Crippen LogP contribution is 2.20. The van der Waals surface area contributed by atoms with E-state index in [0.29, 0.717) is 11.5 Å². The van der Waals surface area contributed by atoms with E-state index >= 15 is 0 Å². The van der Waals surface area contributed by atoms with Crippen LogP contribution in [0, 0.1) is 6.92 Å². The highest BCUT2D eigenvalue weighted by Gasteiger charge is 2.20. The van der Waals surface area contributed by atoms with Crippen LogP contribution in [0.15, 0.2) is 22.6 Å². The smallest absolute Gasteiger partial charge is 0.274 e. The van der Waals surface area contributed by atoms with Gasteiger partial charge in [-0.3, -0.25) is 9.89 Å². The minimum absolute atomic E-state index is 0.0283. The van der Waals surface area contributed by atoms with Crippen molar-refractivity contribution in [2.45, 2.75) is 13.3 Å². The van der Waals surface area contributed by atoms with Crippen molar-refractivity contribution in [1.29, 1.82) is 0 Å². The van der Waals surface area contributed by atoms with Gasteiger partial charge in [-0.2, -0.15) is 5.10 Å². The number of amides is 1. The molecule has 106 valence electrons. The third-order valence-corrected chi connectivity index (χ3v) is 3.43. The standard InChI is InChI=1S/C14H18N4O2/c1-10-3-4-13(20-10)11-9-12(17-16-11)14(19)18-7-2-5-15-6-8-18/h3-4,9,15H,2,5-8H2,1H3,(H,16,17). The summed E-state index contributed by atoms with van der Waals surface area (Å²) in [6.07, 6.45) is 0.973. The Kier molecular flexibility index (Phi) is 3.56. The summed E-state index contributed by atoms with van der Waals surface area (Å²) in [5.74, 6) is 1.51. The summed E-state index contributed by atoms with van der Waals surface area (Å²) in [5.41, 5.74) is 1.17. The average molecular weight is 274 g/mol. The highest BCUT2D eigenvalue weighted by molar-refractivity contribution is 5.93. The van der Waals surface area contributed by atoms with Crippen LogP contribution in [0.25, 0.3) is 11.5 Å². The Hall–Kier alpha value is -2.08. The molecule has 0 aliphatic carbocycles. The molecule has 0 unspecified atom stereocenters. The molecule has 6 heteroatoms. The second-order valence-corrected chi connectivity index (χ2v) is 4.97. The molecule has 6 nitrogen and oxygen atoms in total. The molecule has 1 amide bonds. The number of aromatic nitrogens is 2. The molecule has 1 fully saturated rings. The summed E-state index contributed by atoms with van der Waals surface area (Å²) >= 11 is 0. The minimum Gasteiger partial charge on any atom is -0.460 e. The molecule has 3 rings (SSSR count). The maximum atomic E-state index is 12.4. The first-order chi connectivity index (χ1) is 9.74. The van der Waals surface area contributed by atoms with Crippen molar-refractivity contribution in [2.24, 2.45) is 0 Å². The molecule has 1 saturated heterocycles. The van der Waals surface area contributed by atoms with Crippen molar-refractivity contribution in [3.8, 4) is 11.5 Å². The fourth-order valence-electron chi connectivity index (χ4n) is 2.35. The van der Waals surface area contributed by atoms with Crippen LogP contribution >= 0.6 is 0 Å². The van der Waals surface area contributed by atoms with Crippen molar-refractivity contribution in [2.75, 3.05) is 26.2 Å². The maximum Gasteiger partial charge on any atom is 0.274 e. The molecule has 0 bridgehead atoms. The summed E-state index contributed by atoms with van der Waals surface area (Å²) in [6, 6.07) is 5.50. The van der Waals surface area contributed by atoms with Gasteiger partial charge in [0.15, 0.2) is 11.5 Å². The number of furan rings is 1. The monoisotopic (exact) mass is 274 g/mol. The zero-order chi connectivity index (χ0) is 13.9. The number of H-pyrrole nitrogens is 1. The van der Waals surface area contributed by atoms with Crippen LogP contribution in [0.2, 0.25) is 0 Å².